The van der Waals surface area contributed by atoms with Gasteiger partial charge in [-0.2, -0.15) is 0 Å². The number of hydrogen-bond donors (Lipinski definition) is 1. The fraction of sp³-hybridized carbons (Fsp3) is 0.741. The molecule has 3 rings (SSSR count). The molecule has 3 amide bonds. The molecule has 7 nitrogen and oxygen atoms in total. The van der Waals surface area contributed by atoms with E-state index in [1.165, 1.54) is 0 Å². The Labute approximate surface area is 215 Å². The maximum Gasteiger partial charge on any atom is 0.247 e. The number of amides is 3. The van der Waals surface area contributed by atoms with Gasteiger partial charge in [-0.15, -0.1) is 24.9 Å². The SMILES string of the molecule is C=CCN(CCC)C(=O)[C@@H]1[C@H]2C(=O)N(CCCCO)C(C(=O)N(CC=C)C(C)C)C23CC[C@@]1(C)S3. The Balaban J connectivity index is 2.06. The molecule has 0 aromatic carbocycles. The summed E-state index contributed by atoms with van der Waals surface area (Å²) in [6.07, 6.45) is 7.05. The van der Waals surface area contributed by atoms with Gasteiger partial charge in [0.1, 0.15) is 6.04 Å². The molecule has 0 aromatic rings. The highest BCUT2D eigenvalue weighted by atomic mass is 32.2. The van der Waals surface area contributed by atoms with Crippen molar-refractivity contribution in [1.29, 1.82) is 0 Å². The topological polar surface area (TPSA) is 81.2 Å². The van der Waals surface area contributed by atoms with Crippen molar-refractivity contribution in [2.75, 3.05) is 32.8 Å². The first-order valence-electron chi connectivity index (χ1n) is 13.1. The van der Waals surface area contributed by atoms with Crippen LogP contribution in [0.1, 0.15) is 59.8 Å². The second kappa shape index (κ2) is 11.1. The molecule has 8 heteroatoms. The summed E-state index contributed by atoms with van der Waals surface area (Å²) in [7, 11) is 0. The van der Waals surface area contributed by atoms with Crippen molar-refractivity contribution in [2.45, 2.75) is 81.4 Å². The summed E-state index contributed by atoms with van der Waals surface area (Å²) in [4.78, 5) is 47.5. The van der Waals surface area contributed by atoms with E-state index in [9.17, 15) is 19.5 Å². The molecule has 2 unspecified atom stereocenters. The van der Waals surface area contributed by atoms with Crippen molar-refractivity contribution in [3.63, 3.8) is 0 Å². The molecule has 0 aliphatic carbocycles. The molecule has 0 saturated carbocycles. The van der Waals surface area contributed by atoms with Crippen LogP contribution in [0.15, 0.2) is 25.3 Å². The first kappa shape index (κ1) is 27.8. The van der Waals surface area contributed by atoms with E-state index in [1.54, 1.807) is 33.7 Å². The predicted octanol–water partition coefficient (Wildman–Crippen LogP) is 3.09. The number of thioether (sulfide) groups is 1. The van der Waals surface area contributed by atoms with E-state index in [0.717, 1.165) is 19.3 Å². The zero-order valence-corrected chi connectivity index (χ0v) is 22.7. The predicted molar refractivity (Wildman–Crippen MR) is 141 cm³/mol. The maximum atomic E-state index is 14.1. The Morgan fingerprint density at radius 1 is 1.20 bits per heavy atom. The van der Waals surface area contributed by atoms with E-state index >= 15 is 0 Å². The number of hydrogen-bond acceptors (Lipinski definition) is 5. The number of carbonyl (C=O) groups is 3. The molecular weight excluding hydrogens is 462 g/mol. The van der Waals surface area contributed by atoms with E-state index in [-0.39, 0.29) is 35.1 Å². The summed E-state index contributed by atoms with van der Waals surface area (Å²) < 4.78 is -0.982. The smallest absolute Gasteiger partial charge is 0.247 e. The number of carbonyl (C=O) groups excluding carboxylic acids is 3. The minimum Gasteiger partial charge on any atom is -0.396 e. The standard InChI is InChI=1S/C27H43N3O4S/c1-7-14-28(15-8-2)23(32)20-21-24(33)30(17-10-11-18-31)22(25(34)29(16-9-3)19(4)5)27(21)13-12-26(20,6)35-27/h7,9,19-22,31H,1,3,8,10-18H2,2,4-6H3/t20-,21-,22?,26+,27?/m0/s1. The lowest BCUT2D eigenvalue weighted by atomic mass is 9.66. The molecule has 3 aliphatic rings. The van der Waals surface area contributed by atoms with Crippen molar-refractivity contribution < 1.29 is 19.5 Å². The van der Waals surface area contributed by atoms with Crippen molar-refractivity contribution in [2.24, 2.45) is 11.8 Å². The molecule has 1 spiro atoms. The number of likely N-dealkylation sites (tertiary alicyclic amines) is 1. The van der Waals surface area contributed by atoms with E-state index < -0.39 is 22.6 Å². The lowest BCUT2D eigenvalue weighted by Crippen LogP contribution is -2.56. The molecule has 35 heavy (non-hydrogen) atoms. The minimum absolute atomic E-state index is 0.0110. The summed E-state index contributed by atoms with van der Waals surface area (Å²) in [5.41, 5.74) is 0. The van der Waals surface area contributed by atoms with Crippen LogP contribution in [0.2, 0.25) is 0 Å². The molecule has 0 radical (unpaired) electrons. The van der Waals surface area contributed by atoms with Crippen molar-refractivity contribution in [3.05, 3.63) is 25.3 Å². The largest absolute Gasteiger partial charge is 0.396 e. The minimum atomic E-state index is -0.608. The molecule has 3 saturated heterocycles. The molecule has 5 atom stereocenters. The third-order valence-electron chi connectivity index (χ3n) is 7.97. The maximum absolute atomic E-state index is 14.1. The van der Waals surface area contributed by atoms with Gasteiger partial charge in [-0.05, 0) is 52.9 Å². The van der Waals surface area contributed by atoms with Crippen LogP contribution in [0, 0.1) is 11.8 Å². The van der Waals surface area contributed by atoms with Gasteiger partial charge in [-0.1, -0.05) is 19.1 Å². The number of aliphatic hydroxyl groups is 1. The van der Waals surface area contributed by atoms with Gasteiger partial charge in [0.05, 0.1) is 16.6 Å². The molecule has 3 heterocycles. The van der Waals surface area contributed by atoms with Gasteiger partial charge in [0, 0.05) is 43.6 Å². The Bertz CT molecular complexity index is 848. The highest BCUT2D eigenvalue weighted by Crippen LogP contribution is 2.71. The molecule has 3 aliphatic heterocycles. The van der Waals surface area contributed by atoms with E-state index in [0.29, 0.717) is 39.0 Å². The number of aliphatic hydroxyl groups excluding tert-OH is 1. The van der Waals surface area contributed by atoms with Crippen molar-refractivity contribution >= 4 is 29.5 Å². The van der Waals surface area contributed by atoms with Gasteiger partial charge < -0.3 is 19.8 Å². The number of unbranched alkanes of at least 4 members (excludes halogenated alkanes) is 1. The number of nitrogens with zero attached hydrogens (tertiary/aromatic N) is 3. The quantitative estimate of drug-likeness (QED) is 0.307. The Kier molecular flexibility index (Phi) is 8.79. The zero-order chi connectivity index (χ0) is 26.0. The highest BCUT2D eigenvalue weighted by Gasteiger charge is 2.77. The second-order valence-electron chi connectivity index (χ2n) is 10.6. The molecule has 3 fully saturated rings. The Hall–Kier alpha value is -1.80. The fourth-order valence-corrected chi connectivity index (χ4v) is 8.82. The molecule has 1 N–H and O–H groups in total. The van der Waals surface area contributed by atoms with Gasteiger partial charge in [0.15, 0.2) is 0 Å². The second-order valence-corrected chi connectivity index (χ2v) is 12.5. The van der Waals surface area contributed by atoms with Crippen LogP contribution in [-0.2, 0) is 14.4 Å². The molecule has 196 valence electrons. The number of fused-ring (bicyclic) bond motifs is 1. The highest BCUT2D eigenvalue weighted by molar-refractivity contribution is 8.02. The lowest BCUT2D eigenvalue weighted by molar-refractivity contribution is -0.146. The Morgan fingerprint density at radius 2 is 1.89 bits per heavy atom. The summed E-state index contributed by atoms with van der Waals surface area (Å²) in [5, 5.41) is 9.34. The average Bonchev–Trinajstić information content (AvgIpc) is 3.37. The lowest BCUT2D eigenvalue weighted by Gasteiger charge is -2.39. The first-order chi connectivity index (χ1) is 16.6. The summed E-state index contributed by atoms with van der Waals surface area (Å²) in [5.74, 6) is -1.08. The fourth-order valence-electron chi connectivity index (χ4n) is 6.48. The summed E-state index contributed by atoms with van der Waals surface area (Å²) >= 11 is 1.71. The van der Waals surface area contributed by atoms with Crippen LogP contribution >= 0.6 is 11.8 Å². The normalized spacial score (nSPS) is 31.1. The van der Waals surface area contributed by atoms with E-state index in [2.05, 4.69) is 20.1 Å². The average molecular weight is 506 g/mol. The third kappa shape index (κ3) is 4.68. The Morgan fingerprint density at radius 3 is 2.46 bits per heavy atom. The van der Waals surface area contributed by atoms with Crippen LogP contribution < -0.4 is 0 Å². The van der Waals surface area contributed by atoms with Crippen LogP contribution in [0.25, 0.3) is 0 Å². The monoisotopic (exact) mass is 505 g/mol. The molecule has 0 aromatic heterocycles. The zero-order valence-electron chi connectivity index (χ0n) is 21.9. The number of rotatable bonds is 13. The summed E-state index contributed by atoms with van der Waals surface area (Å²) in [6, 6.07) is -0.640. The van der Waals surface area contributed by atoms with Crippen LogP contribution in [0.4, 0.5) is 0 Å². The third-order valence-corrected chi connectivity index (χ3v) is 9.96. The first-order valence-corrected chi connectivity index (χ1v) is 13.9. The van der Waals surface area contributed by atoms with Gasteiger partial charge >= 0.3 is 0 Å². The van der Waals surface area contributed by atoms with Gasteiger partial charge in [0.25, 0.3) is 0 Å². The van der Waals surface area contributed by atoms with E-state index in [4.69, 9.17) is 0 Å². The van der Waals surface area contributed by atoms with Gasteiger partial charge in [-0.25, -0.2) is 0 Å². The summed E-state index contributed by atoms with van der Waals surface area (Å²) in [6.45, 7) is 17.7. The van der Waals surface area contributed by atoms with E-state index in [1.807, 2.05) is 25.7 Å². The van der Waals surface area contributed by atoms with Crippen LogP contribution in [-0.4, -0.2) is 91.9 Å². The van der Waals surface area contributed by atoms with Gasteiger partial charge in [0.2, 0.25) is 17.7 Å². The van der Waals surface area contributed by atoms with Crippen LogP contribution in [0.5, 0.6) is 0 Å². The van der Waals surface area contributed by atoms with Crippen molar-refractivity contribution in [3.8, 4) is 0 Å². The van der Waals surface area contributed by atoms with Crippen molar-refractivity contribution in [1.82, 2.24) is 14.7 Å². The van der Waals surface area contributed by atoms with Crippen LogP contribution in [0.3, 0.4) is 0 Å². The molecule has 2 bridgehead atoms. The van der Waals surface area contributed by atoms with Gasteiger partial charge in [-0.3, -0.25) is 14.4 Å². The molecular formula is C27H43N3O4S.